The van der Waals surface area contributed by atoms with Crippen LogP contribution in [0.1, 0.15) is 329 Å². The Morgan fingerprint density at radius 1 is 0.213 bits per heavy atom. The van der Waals surface area contributed by atoms with Gasteiger partial charge in [0.2, 0.25) is 0 Å². The van der Waals surface area contributed by atoms with E-state index in [9.17, 15) is 29.7 Å². The Morgan fingerprint density at radius 3 is 0.410 bits per heavy atom. The molecule has 0 radical (unpaired) electrons. The average Bonchev–Trinajstić information content (AvgIpc) is 3.22. The van der Waals surface area contributed by atoms with E-state index in [-0.39, 0.29) is 39.1 Å². The molecule has 61 heavy (non-hydrogen) atoms. The molecule has 0 aromatic rings. The Labute approximate surface area is 394 Å². The average molecular weight is 920 g/mol. The zero-order valence-corrected chi connectivity index (χ0v) is 43.9. The van der Waals surface area contributed by atoms with Gasteiger partial charge in [-0.2, -0.15) is 0 Å². The largest absolute Gasteiger partial charge is 3.00 e. The number of rotatable bonds is 48. The molecule has 0 N–H and O–H groups in total. The minimum absolute atomic E-state index is 0. The van der Waals surface area contributed by atoms with E-state index in [0.29, 0.717) is 0 Å². The molecule has 0 bridgehead atoms. The van der Waals surface area contributed by atoms with Gasteiger partial charge in [0.15, 0.2) is 0 Å². The van der Waals surface area contributed by atoms with Crippen LogP contribution >= 0.6 is 0 Å². The zero-order valence-electron chi connectivity index (χ0n) is 41.5. The quantitative estimate of drug-likeness (QED) is 0.0443. The van der Waals surface area contributed by atoms with Gasteiger partial charge in [-0.15, -0.1) is 0 Å². The molecule has 0 saturated carbocycles. The van der Waals surface area contributed by atoms with Gasteiger partial charge >= 0.3 is 19.8 Å². The van der Waals surface area contributed by atoms with E-state index in [0.717, 1.165) is 38.5 Å². The molecule has 6 nitrogen and oxygen atoms in total. The van der Waals surface area contributed by atoms with Crippen LogP contribution in [-0.2, 0) is 14.4 Å². The van der Waals surface area contributed by atoms with Crippen LogP contribution < -0.4 is 15.3 Å². The fourth-order valence-electron chi connectivity index (χ4n) is 7.92. The summed E-state index contributed by atoms with van der Waals surface area (Å²) in [5.74, 6) is -2.71. The number of carboxylic acid groups (broad SMARTS) is 3. The maximum Gasteiger partial charge on any atom is 3.00 e. The number of carbonyl (C=O) groups is 3. The monoisotopic (exact) mass is 919 g/mol. The fourth-order valence-corrected chi connectivity index (χ4v) is 7.92. The number of hydrogen-bond donors (Lipinski definition) is 0. The van der Waals surface area contributed by atoms with E-state index in [2.05, 4.69) is 20.8 Å². The first kappa shape index (κ1) is 66.6. The van der Waals surface area contributed by atoms with Crippen molar-refractivity contribution < 1.29 is 29.7 Å². The summed E-state index contributed by atoms with van der Waals surface area (Å²) in [4.78, 5) is 30.7. The van der Waals surface area contributed by atoms with E-state index in [1.54, 1.807) is 0 Å². The molecule has 360 valence electrons. The molecule has 0 aliphatic carbocycles. The van der Waals surface area contributed by atoms with Gasteiger partial charge in [0.25, 0.3) is 0 Å². The summed E-state index contributed by atoms with van der Waals surface area (Å²) in [7, 11) is 0. The molecule has 0 heterocycles. The van der Waals surface area contributed by atoms with Crippen molar-refractivity contribution in [2.24, 2.45) is 0 Å². The van der Waals surface area contributed by atoms with Gasteiger partial charge in [-0.25, -0.2) is 0 Å². The summed E-state index contributed by atoms with van der Waals surface area (Å²) in [6.07, 6.45) is 59.6. The Hall–Kier alpha value is -0.954. The van der Waals surface area contributed by atoms with Crippen molar-refractivity contribution >= 4 is 37.7 Å². The second kappa shape index (κ2) is 63.3. The van der Waals surface area contributed by atoms with Crippen molar-refractivity contribution in [2.75, 3.05) is 0 Å². The number of carboxylic acids is 3. The predicted octanol–water partition coefficient (Wildman–Crippen LogP) is 14.6. The molecule has 0 unspecified atom stereocenters. The van der Waals surface area contributed by atoms with E-state index in [1.165, 1.54) is 250 Å². The topological polar surface area (TPSA) is 120 Å². The molecular formula is C54H105GaO6. The van der Waals surface area contributed by atoms with Crippen molar-refractivity contribution in [3.8, 4) is 0 Å². The summed E-state index contributed by atoms with van der Waals surface area (Å²) in [5, 5.41) is 30.7. The van der Waals surface area contributed by atoms with Gasteiger partial charge in [0, 0.05) is 17.9 Å². The van der Waals surface area contributed by atoms with Gasteiger partial charge in [-0.3, -0.25) is 0 Å². The molecule has 0 amide bonds. The molecule has 0 aliphatic heterocycles. The van der Waals surface area contributed by atoms with Crippen LogP contribution in [0.3, 0.4) is 0 Å². The van der Waals surface area contributed by atoms with Gasteiger partial charge in [-0.1, -0.05) is 290 Å². The molecule has 7 heteroatoms. The van der Waals surface area contributed by atoms with Crippen LogP contribution in [0.25, 0.3) is 0 Å². The summed E-state index contributed by atoms with van der Waals surface area (Å²) >= 11 is 0. The van der Waals surface area contributed by atoms with Gasteiger partial charge in [-0.05, 0) is 38.5 Å². The van der Waals surface area contributed by atoms with Crippen LogP contribution in [0.15, 0.2) is 0 Å². The molecule has 0 rings (SSSR count). The third-order valence-electron chi connectivity index (χ3n) is 12.0. The minimum atomic E-state index is -0.903. The molecule has 0 aromatic carbocycles. The smallest absolute Gasteiger partial charge is 0.550 e. The normalized spacial score (nSPS) is 10.7. The Balaban J connectivity index is -0.000000396. The van der Waals surface area contributed by atoms with Crippen molar-refractivity contribution in [3.05, 3.63) is 0 Å². The van der Waals surface area contributed by atoms with Crippen LogP contribution in [-0.4, -0.2) is 37.7 Å². The zero-order chi connectivity index (χ0) is 44.7. The Kier molecular flexibility index (Phi) is 69.2. The Morgan fingerprint density at radius 2 is 0.311 bits per heavy atom. The van der Waals surface area contributed by atoms with Crippen molar-refractivity contribution in [2.45, 2.75) is 329 Å². The first-order valence-corrected chi connectivity index (χ1v) is 26.9. The maximum absolute atomic E-state index is 10.2. The van der Waals surface area contributed by atoms with Crippen molar-refractivity contribution in [1.82, 2.24) is 0 Å². The number of unbranched alkanes of at least 4 members (excludes halogenated alkanes) is 42. The van der Waals surface area contributed by atoms with E-state index >= 15 is 0 Å². The molecule has 0 spiro atoms. The summed E-state index contributed by atoms with van der Waals surface area (Å²) in [6, 6.07) is 0. The minimum Gasteiger partial charge on any atom is -0.550 e. The summed E-state index contributed by atoms with van der Waals surface area (Å²) in [6.45, 7) is 6.80. The maximum atomic E-state index is 10.2. The summed E-state index contributed by atoms with van der Waals surface area (Å²) < 4.78 is 0. The molecule has 0 atom stereocenters. The third kappa shape index (κ3) is 76.7. The van der Waals surface area contributed by atoms with Crippen molar-refractivity contribution in [3.63, 3.8) is 0 Å². The first-order valence-electron chi connectivity index (χ1n) is 26.9. The molecule has 0 aromatic heterocycles. The van der Waals surface area contributed by atoms with Gasteiger partial charge < -0.3 is 29.7 Å². The molecule has 0 fully saturated rings. The standard InChI is InChI=1S/3C18H36O2.Ga/c3*1-2-3-4-5-6-7-8-9-10-11-12-13-14-15-16-17-18(19)20;/h3*2-17H2,1H3,(H,19,20);/q;;;+3/p-3. The van der Waals surface area contributed by atoms with Crippen LogP contribution in [0, 0.1) is 0 Å². The van der Waals surface area contributed by atoms with Crippen molar-refractivity contribution in [1.29, 1.82) is 0 Å². The van der Waals surface area contributed by atoms with Crippen LogP contribution in [0.4, 0.5) is 0 Å². The third-order valence-corrected chi connectivity index (χ3v) is 12.0. The van der Waals surface area contributed by atoms with E-state index in [1.807, 2.05) is 0 Å². The Bertz CT molecular complexity index is 717. The van der Waals surface area contributed by atoms with E-state index in [4.69, 9.17) is 0 Å². The molecule has 0 aliphatic rings. The van der Waals surface area contributed by atoms with Gasteiger partial charge in [0.05, 0.1) is 0 Å². The molecule has 0 saturated heterocycles. The second-order valence-electron chi connectivity index (χ2n) is 18.2. The van der Waals surface area contributed by atoms with Crippen LogP contribution in [0.2, 0.25) is 0 Å². The van der Waals surface area contributed by atoms with Gasteiger partial charge in [0.1, 0.15) is 0 Å². The SMILES string of the molecule is CCCCCCCCCCCCCCCCCC(=O)[O-].CCCCCCCCCCCCCCCCCC(=O)[O-].CCCCCCCCCCCCCCCCCC(=O)[O-].[Ga+3]. The number of aliphatic carboxylic acids is 3. The second-order valence-corrected chi connectivity index (χ2v) is 18.2. The molecular weight excluding hydrogens is 814 g/mol. The fraction of sp³-hybridized carbons (Fsp3) is 0.944. The summed E-state index contributed by atoms with van der Waals surface area (Å²) in [5.41, 5.74) is 0. The first-order chi connectivity index (χ1) is 29.3. The van der Waals surface area contributed by atoms with E-state index < -0.39 is 17.9 Å². The number of carbonyl (C=O) groups excluding carboxylic acids is 3. The van der Waals surface area contributed by atoms with Crippen LogP contribution in [0.5, 0.6) is 0 Å². The predicted molar refractivity (Wildman–Crippen MR) is 259 cm³/mol. The number of hydrogen-bond acceptors (Lipinski definition) is 6.